The van der Waals surface area contributed by atoms with E-state index in [-0.39, 0.29) is 11.3 Å². The zero-order valence-corrected chi connectivity index (χ0v) is 16.4. The maximum atomic E-state index is 14.1. The molecule has 4 rings (SSSR count). The van der Waals surface area contributed by atoms with Crippen LogP contribution in [0.5, 0.6) is 5.75 Å². The molecule has 6 heteroatoms. The molecule has 1 saturated heterocycles. The van der Waals surface area contributed by atoms with Gasteiger partial charge in [-0.1, -0.05) is 6.07 Å². The van der Waals surface area contributed by atoms with Crippen LogP contribution in [0.1, 0.15) is 29.9 Å². The number of rotatable bonds is 3. The smallest absolute Gasteiger partial charge is 0.258 e. The third-order valence-electron chi connectivity index (χ3n) is 5.60. The van der Waals surface area contributed by atoms with Gasteiger partial charge in [0.1, 0.15) is 5.65 Å². The molecule has 1 fully saturated rings. The van der Waals surface area contributed by atoms with Crippen LogP contribution in [0.4, 0.5) is 4.39 Å². The molecule has 0 N–H and O–H groups in total. The van der Waals surface area contributed by atoms with Gasteiger partial charge in [0, 0.05) is 17.8 Å². The van der Waals surface area contributed by atoms with E-state index < -0.39 is 5.82 Å². The second kappa shape index (κ2) is 7.36. The molecule has 2 aromatic heterocycles. The lowest BCUT2D eigenvalue weighted by molar-refractivity contribution is 0.255. The van der Waals surface area contributed by atoms with Crippen LogP contribution in [0.3, 0.4) is 0 Å². The van der Waals surface area contributed by atoms with Crippen molar-refractivity contribution in [1.82, 2.24) is 14.3 Å². The molecule has 5 nitrogen and oxygen atoms in total. The molecule has 0 spiro atoms. The topological polar surface area (TPSA) is 46.8 Å². The van der Waals surface area contributed by atoms with Gasteiger partial charge in [-0.15, -0.1) is 0 Å². The molecular formula is C22H24FN3O2. The zero-order chi connectivity index (χ0) is 19.8. The van der Waals surface area contributed by atoms with Gasteiger partial charge in [0.2, 0.25) is 0 Å². The number of nitrogens with zero attached hydrogens (tertiary/aromatic N) is 3. The van der Waals surface area contributed by atoms with E-state index in [0.717, 1.165) is 31.5 Å². The van der Waals surface area contributed by atoms with Gasteiger partial charge >= 0.3 is 0 Å². The van der Waals surface area contributed by atoms with Crippen molar-refractivity contribution >= 4 is 5.65 Å². The van der Waals surface area contributed by atoms with Crippen LogP contribution in [-0.2, 0) is 0 Å². The number of methoxy groups -OCH3 is 1. The van der Waals surface area contributed by atoms with E-state index in [1.54, 1.807) is 16.5 Å². The fourth-order valence-corrected chi connectivity index (χ4v) is 3.93. The molecule has 1 aliphatic heterocycles. The summed E-state index contributed by atoms with van der Waals surface area (Å²) in [6.45, 7) is 4.10. The number of pyridine rings is 1. The molecule has 0 unspecified atom stereocenters. The van der Waals surface area contributed by atoms with E-state index in [0.29, 0.717) is 22.8 Å². The van der Waals surface area contributed by atoms with Gasteiger partial charge in [-0.2, -0.15) is 0 Å². The maximum Gasteiger partial charge on any atom is 0.258 e. The maximum absolute atomic E-state index is 14.1. The standard InChI is InChI=1S/C22H24FN3O2/c1-14-10-17(15-6-8-25(2)9-7-15)13-26-21(27)12-19(24-22(14)26)16-4-5-20(28-3)18(23)11-16/h4-5,10-13,15H,6-9H2,1-3H3. The molecule has 3 heterocycles. The predicted molar refractivity (Wildman–Crippen MR) is 108 cm³/mol. The molecule has 0 radical (unpaired) electrons. The van der Waals surface area contributed by atoms with Gasteiger partial charge in [-0.05, 0) is 75.1 Å². The summed E-state index contributed by atoms with van der Waals surface area (Å²) in [5.74, 6) is 0.151. The summed E-state index contributed by atoms with van der Waals surface area (Å²) in [4.78, 5) is 19.8. The Hall–Kier alpha value is -2.73. The number of fused-ring (bicyclic) bond motifs is 1. The fraction of sp³-hybridized carbons (Fsp3) is 0.364. The molecule has 3 aromatic rings. The van der Waals surface area contributed by atoms with Crippen molar-refractivity contribution in [3.8, 4) is 17.0 Å². The first-order valence-electron chi connectivity index (χ1n) is 9.52. The van der Waals surface area contributed by atoms with Crippen molar-refractivity contribution in [3.63, 3.8) is 0 Å². The summed E-state index contributed by atoms with van der Waals surface area (Å²) in [5, 5.41) is 0. The van der Waals surface area contributed by atoms with E-state index in [1.807, 2.05) is 13.1 Å². The van der Waals surface area contributed by atoms with Crippen LogP contribution >= 0.6 is 0 Å². The zero-order valence-electron chi connectivity index (χ0n) is 16.4. The van der Waals surface area contributed by atoms with E-state index >= 15 is 0 Å². The molecular weight excluding hydrogens is 357 g/mol. The number of likely N-dealkylation sites (tertiary alicyclic amines) is 1. The number of benzene rings is 1. The molecule has 1 aromatic carbocycles. The molecule has 28 heavy (non-hydrogen) atoms. The first kappa shape index (κ1) is 18.6. The normalized spacial score (nSPS) is 15.9. The Balaban J connectivity index is 1.77. The summed E-state index contributed by atoms with van der Waals surface area (Å²) < 4.78 is 20.7. The van der Waals surface area contributed by atoms with Crippen LogP contribution in [0.2, 0.25) is 0 Å². The van der Waals surface area contributed by atoms with Gasteiger partial charge in [0.25, 0.3) is 5.56 Å². The largest absolute Gasteiger partial charge is 0.494 e. The third-order valence-corrected chi connectivity index (χ3v) is 5.60. The number of aromatic nitrogens is 2. The first-order valence-corrected chi connectivity index (χ1v) is 9.52. The number of hydrogen-bond acceptors (Lipinski definition) is 4. The summed E-state index contributed by atoms with van der Waals surface area (Å²) >= 11 is 0. The minimum Gasteiger partial charge on any atom is -0.494 e. The van der Waals surface area contributed by atoms with Crippen molar-refractivity contribution in [2.75, 3.05) is 27.2 Å². The van der Waals surface area contributed by atoms with Crippen LogP contribution in [0.15, 0.2) is 41.3 Å². The first-order chi connectivity index (χ1) is 13.5. The molecule has 0 saturated carbocycles. The van der Waals surface area contributed by atoms with Gasteiger partial charge in [-0.3, -0.25) is 9.20 Å². The average molecular weight is 381 g/mol. The van der Waals surface area contributed by atoms with E-state index in [4.69, 9.17) is 4.74 Å². The monoisotopic (exact) mass is 381 g/mol. The van der Waals surface area contributed by atoms with Crippen molar-refractivity contribution in [2.45, 2.75) is 25.7 Å². The highest BCUT2D eigenvalue weighted by Gasteiger charge is 2.20. The average Bonchev–Trinajstić information content (AvgIpc) is 2.69. The summed E-state index contributed by atoms with van der Waals surface area (Å²) in [6.07, 6.45) is 4.10. The summed E-state index contributed by atoms with van der Waals surface area (Å²) in [7, 11) is 3.56. The summed E-state index contributed by atoms with van der Waals surface area (Å²) in [5.41, 5.74) is 3.59. The lowest BCUT2D eigenvalue weighted by Gasteiger charge is -2.29. The van der Waals surface area contributed by atoms with E-state index in [2.05, 4.69) is 23.0 Å². The number of ether oxygens (including phenoxy) is 1. The Labute approximate surface area is 163 Å². The molecule has 0 atom stereocenters. The predicted octanol–water partition coefficient (Wildman–Crippen LogP) is 3.63. The van der Waals surface area contributed by atoms with Gasteiger partial charge in [-0.25, -0.2) is 9.37 Å². The van der Waals surface area contributed by atoms with Gasteiger partial charge in [0.05, 0.1) is 12.8 Å². The van der Waals surface area contributed by atoms with Crippen molar-refractivity contribution in [1.29, 1.82) is 0 Å². The molecule has 1 aliphatic rings. The molecule has 0 amide bonds. The number of hydrogen-bond donors (Lipinski definition) is 0. The Kier molecular flexibility index (Phi) is 4.89. The summed E-state index contributed by atoms with van der Waals surface area (Å²) in [6, 6.07) is 8.20. The minimum absolute atomic E-state index is 0.158. The quantitative estimate of drug-likeness (QED) is 0.695. The van der Waals surface area contributed by atoms with Crippen LogP contribution in [0, 0.1) is 12.7 Å². The lowest BCUT2D eigenvalue weighted by Crippen LogP contribution is -2.29. The van der Waals surface area contributed by atoms with E-state index in [9.17, 15) is 9.18 Å². The van der Waals surface area contributed by atoms with Crippen molar-refractivity contribution in [2.24, 2.45) is 0 Å². The third kappa shape index (κ3) is 3.40. The molecule has 0 bridgehead atoms. The minimum atomic E-state index is -0.476. The lowest BCUT2D eigenvalue weighted by atomic mass is 9.90. The van der Waals surface area contributed by atoms with Crippen LogP contribution in [-0.4, -0.2) is 41.5 Å². The highest BCUT2D eigenvalue weighted by Crippen LogP contribution is 2.29. The second-order valence-electron chi connectivity index (χ2n) is 7.56. The number of aryl methyl sites for hydroxylation is 1. The molecule has 146 valence electrons. The Morgan fingerprint density at radius 2 is 1.93 bits per heavy atom. The Morgan fingerprint density at radius 1 is 1.18 bits per heavy atom. The fourth-order valence-electron chi connectivity index (χ4n) is 3.93. The van der Waals surface area contributed by atoms with Crippen molar-refractivity contribution in [3.05, 3.63) is 63.8 Å². The number of piperidine rings is 1. The van der Waals surface area contributed by atoms with E-state index in [1.165, 1.54) is 24.8 Å². The second-order valence-corrected chi connectivity index (χ2v) is 7.56. The molecule has 0 aliphatic carbocycles. The van der Waals surface area contributed by atoms with Crippen LogP contribution < -0.4 is 10.3 Å². The Morgan fingerprint density at radius 3 is 2.61 bits per heavy atom. The van der Waals surface area contributed by atoms with Gasteiger partial charge in [0.15, 0.2) is 11.6 Å². The van der Waals surface area contributed by atoms with Crippen LogP contribution in [0.25, 0.3) is 16.9 Å². The SMILES string of the molecule is COc1ccc(-c2cc(=O)n3cc(C4CCN(C)CC4)cc(C)c3n2)cc1F. The van der Waals surface area contributed by atoms with Crippen molar-refractivity contribution < 1.29 is 9.13 Å². The van der Waals surface area contributed by atoms with Gasteiger partial charge < -0.3 is 9.64 Å². The Bertz CT molecular complexity index is 1090. The number of halogens is 1. The highest BCUT2D eigenvalue weighted by atomic mass is 19.1. The highest BCUT2D eigenvalue weighted by molar-refractivity contribution is 5.64.